The van der Waals surface area contributed by atoms with Crippen molar-refractivity contribution < 1.29 is 28.6 Å². The number of hydrogen-bond donors (Lipinski definition) is 4. The number of unbranched alkanes of at least 4 members (excludes halogenated alkanes) is 2. The van der Waals surface area contributed by atoms with Crippen LogP contribution in [-0.4, -0.2) is 77.9 Å². The highest BCUT2D eigenvalue weighted by Gasteiger charge is 2.24. The van der Waals surface area contributed by atoms with Gasteiger partial charge in [0.05, 0.1) is 17.7 Å². The number of rotatable bonds is 19. The van der Waals surface area contributed by atoms with E-state index in [9.17, 15) is 23.5 Å². The van der Waals surface area contributed by atoms with E-state index in [0.29, 0.717) is 23.7 Å². The predicted molar refractivity (Wildman–Crippen MR) is 217 cm³/mol. The van der Waals surface area contributed by atoms with Crippen LogP contribution >= 0.6 is 23.2 Å². The van der Waals surface area contributed by atoms with E-state index < -0.39 is 35.7 Å². The number of nitrogens with one attached hydrogen (secondary N) is 2. The number of pyridine rings is 2. The van der Waals surface area contributed by atoms with E-state index in [1.54, 1.807) is 6.07 Å². The lowest BCUT2D eigenvalue weighted by atomic mass is 10.00. The molecule has 14 heteroatoms. The van der Waals surface area contributed by atoms with Gasteiger partial charge in [-0.2, -0.15) is 0 Å². The summed E-state index contributed by atoms with van der Waals surface area (Å²) in [5.74, 6) is -1.76. The van der Waals surface area contributed by atoms with Gasteiger partial charge >= 0.3 is 5.97 Å². The van der Waals surface area contributed by atoms with E-state index in [0.717, 1.165) is 56.8 Å². The lowest BCUT2D eigenvalue weighted by Crippen LogP contribution is -2.48. The molecule has 0 spiro atoms. The summed E-state index contributed by atoms with van der Waals surface area (Å²) < 4.78 is 27.8. The highest BCUT2D eigenvalue weighted by Crippen LogP contribution is 2.20. The van der Waals surface area contributed by atoms with Gasteiger partial charge in [-0.1, -0.05) is 81.1 Å². The first kappa shape index (κ1) is 45.0. The van der Waals surface area contributed by atoms with Gasteiger partial charge in [-0.25, -0.2) is 23.5 Å². The van der Waals surface area contributed by atoms with Crippen LogP contribution in [0.3, 0.4) is 0 Å². The van der Waals surface area contributed by atoms with Gasteiger partial charge in [0, 0.05) is 51.9 Å². The quantitative estimate of drug-likeness (QED) is 0.0698. The van der Waals surface area contributed by atoms with Crippen LogP contribution < -0.4 is 20.4 Å². The summed E-state index contributed by atoms with van der Waals surface area (Å²) in [6.45, 7) is 8.54. The van der Waals surface area contributed by atoms with Crippen molar-refractivity contribution in [1.82, 2.24) is 20.6 Å². The van der Waals surface area contributed by atoms with Gasteiger partial charge in [-0.05, 0) is 78.8 Å². The zero-order valence-corrected chi connectivity index (χ0v) is 33.6. The molecular weight excluding hydrogens is 749 g/mol. The molecule has 0 unspecified atom stereocenters. The summed E-state index contributed by atoms with van der Waals surface area (Å²) in [6, 6.07) is 16.5. The molecule has 298 valence electrons. The number of amides is 1. The van der Waals surface area contributed by atoms with Gasteiger partial charge in [0.25, 0.3) is 5.91 Å². The van der Waals surface area contributed by atoms with Crippen LogP contribution in [0.4, 0.5) is 20.4 Å². The fourth-order valence-corrected chi connectivity index (χ4v) is 6.02. The van der Waals surface area contributed by atoms with Crippen LogP contribution in [0.25, 0.3) is 0 Å². The molecule has 10 nitrogen and oxygen atoms in total. The second kappa shape index (κ2) is 22.9. The molecule has 0 bridgehead atoms. The van der Waals surface area contributed by atoms with Gasteiger partial charge in [-0.15, -0.1) is 0 Å². The first-order valence-corrected chi connectivity index (χ1v) is 19.2. The topological polar surface area (TPSA) is 131 Å². The monoisotopic (exact) mass is 800 g/mol. The molecule has 0 fully saturated rings. The summed E-state index contributed by atoms with van der Waals surface area (Å²) in [4.78, 5) is 36.4. The van der Waals surface area contributed by atoms with Crippen LogP contribution in [0.5, 0.6) is 0 Å². The van der Waals surface area contributed by atoms with E-state index in [4.69, 9.17) is 28.3 Å². The largest absolute Gasteiger partial charge is 0.478 e. The molecule has 0 aliphatic rings. The number of halogens is 4. The van der Waals surface area contributed by atoms with Crippen LogP contribution in [0, 0.1) is 11.6 Å². The number of carboxylic acids is 1. The normalized spacial score (nSPS) is 12.0. The summed E-state index contributed by atoms with van der Waals surface area (Å²) in [6.07, 6.45) is 3.99. The smallest absolute Gasteiger partial charge is 0.335 e. The first-order valence-electron chi connectivity index (χ1n) is 18.5. The van der Waals surface area contributed by atoms with Crippen LogP contribution in [0.15, 0.2) is 66.7 Å². The van der Waals surface area contributed by atoms with Gasteiger partial charge in [-0.3, -0.25) is 4.79 Å². The maximum atomic E-state index is 13.9. The van der Waals surface area contributed by atoms with Crippen molar-refractivity contribution in [2.75, 3.05) is 43.5 Å². The Kier molecular flexibility index (Phi) is 18.7. The standard InChI is InChI=1S/C30H37ClF2N4O2.C11H15ClN2O2/c1-4-6-10-37(3)29-16-23(15-28(31)36-29)30(39)35-26(14-22-12-24(32)17-25(33)13-22)27(38)19-34-18-21-9-7-8-20(5-2)11-21;1-3-4-5-14(2)10-7-8(11(15)16)6-9(12)13-10/h7-9,11-13,15-17,26-27,34,38H,4-6,10,14,18-19H2,1-3H3,(H,35,39);6-7H,3-5H2,1-2H3,(H,15,16)/t26-,27+;/m0./s1. The van der Waals surface area contributed by atoms with Gasteiger partial charge in [0.2, 0.25) is 0 Å². The van der Waals surface area contributed by atoms with Crippen molar-refractivity contribution in [3.05, 3.63) is 116 Å². The second-order valence-electron chi connectivity index (χ2n) is 13.4. The molecule has 4 rings (SSSR count). The minimum atomic E-state index is -1.04. The third-order valence-corrected chi connectivity index (χ3v) is 9.18. The summed E-state index contributed by atoms with van der Waals surface area (Å²) >= 11 is 12.0. The van der Waals surface area contributed by atoms with Crippen molar-refractivity contribution in [2.45, 2.75) is 78.0 Å². The van der Waals surface area contributed by atoms with E-state index in [2.05, 4.69) is 53.5 Å². The Hall–Kier alpha value is -4.36. The number of nitrogens with zero attached hydrogens (tertiary/aromatic N) is 4. The molecule has 4 N–H and O–H groups in total. The number of carbonyl (C=O) groups is 2. The number of aryl methyl sites for hydroxylation is 1. The number of hydrogen-bond acceptors (Lipinski definition) is 8. The maximum absolute atomic E-state index is 13.9. The number of aromatic nitrogens is 2. The molecule has 2 aromatic heterocycles. The SMILES string of the molecule is CCCCN(C)c1cc(C(=O)N[C@@H](Cc2cc(F)cc(F)c2)[C@H](O)CNCc2cccc(CC)c2)cc(Cl)n1.CCCCN(C)c1cc(C(=O)O)cc(Cl)n1. The minimum absolute atomic E-state index is 0.0245. The van der Waals surface area contributed by atoms with Crippen molar-refractivity contribution >= 4 is 46.7 Å². The molecule has 2 heterocycles. The molecule has 0 radical (unpaired) electrons. The Morgan fingerprint density at radius 1 is 0.782 bits per heavy atom. The summed E-state index contributed by atoms with van der Waals surface area (Å²) in [7, 11) is 3.75. The number of anilines is 2. The molecule has 4 aromatic rings. The molecule has 0 saturated carbocycles. The molecular formula is C41H52Cl2F2N6O4. The van der Waals surface area contributed by atoms with Crippen LogP contribution in [0.2, 0.25) is 10.3 Å². The van der Waals surface area contributed by atoms with Gasteiger partial charge < -0.3 is 30.6 Å². The van der Waals surface area contributed by atoms with Gasteiger partial charge in [0.15, 0.2) is 0 Å². The van der Waals surface area contributed by atoms with Gasteiger partial charge in [0.1, 0.15) is 33.6 Å². The van der Waals surface area contributed by atoms with Crippen molar-refractivity contribution in [1.29, 1.82) is 0 Å². The first-order chi connectivity index (χ1) is 26.2. The predicted octanol–water partition coefficient (Wildman–Crippen LogP) is 7.97. The van der Waals surface area contributed by atoms with Crippen LogP contribution in [0.1, 0.15) is 83.9 Å². The number of aliphatic hydroxyl groups excluding tert-OH is 1. The van der Waals surface area contributed by atoms with Crippen molar-refractivity contribution in [3.8, 4) is 0 Å². The molecule has 55 heavy (non-hydrogen) atoms. The Bertz CT molecular complexity index is 1830. The van der Waals surface area contributed by atoms with E-state index in [1.165, 1.54) is 35.9 Å². The third kappa shape index (κ3) is 15.4. The molecule has 0 aliphatic heterocycles. The molecule has 1 amide bonds. The highest BCUT2D eigenvalue weighted by atomic mass is 35.5. The number of benzene rings is 2. The number of aliphatic hydroxyl groups is 1. The van der Waals surface area contributed by atoms with Crippen LogP contribution in [-0.2, 0) is 19.4 Å². The zero-order valence-electron chi connectivity index (χ0n) is 32.1. The Morgan fingerprint density at radius 2 is 1.33 bits per heavy atom. The Balaban J connectivity index is 0.000000424. The number of aromatic carboxylic acids is 1. The highest BCUT2D eigenvalue weighted by molar-refractivity contribution is 6.30. The molecule has 2 atom stereocenters. The fourth-order valence-electron chi connectivity index (χ4n) is 5.62. The lowest BCUT2D eigenvalue weighted by Gasteiger charge is -2.25. The molecule has 0 aliphatic carbocycles. The Morgan fingerprint density at radius 3 is 1.87 bits per heavy atom. The summed E-state index contributed by atoms with van der Waals surface area (Å²) in [5, 5.41) is 26.4. The van der Waals surface area contributed by atoms with E-state index >= 15 is 0 Å². The fraction of sp³-hybridized carbons (Fsp3) is 0.415. The number of carboxylic acid groups (broad SMARTS) is 1. The zero-order chi connectivity index (χ0) is 40.5. The Labute approximate surface area is 332 Å². The van der Waals surface area contributed by atoms with Crippen molar-refractivity contribution in [3.63, 3.8) is 0 Å². The minimum Gasteiger partial charge on any atom is -0.478 e. The third-order valence-electron chi connectivity index (χ3n) is 8.79. The summed E-state index contributed by atoms with van der Waals surface area (Å²) in [5.41, 5.74) is 3.04. The lowest BCUT2D eigenvalue weighted by molar-refractivity contribution is 0.0696. The average Bonchev–Trinajstić information content (AvgIpc) is 3.15. The van der Waals surface area contributed by atoms with E-state index in [1.807, 2.05) is 36.0 Å². The van der Waals surface area contributed by atoms with Crippen molar-refractivity contribution in [2.24, 2.45) is 0 Å². The van der Waals surface area contributed by atoms with E-state index in [-0.39, 0.29) is 34.4 Å². The second-order valence-corrected chi connectivity index (χ2v) is 14.1. The maximum Gasteiger partial charge on any atom is 0.335 e. The number of carbonyl (C=O) groups excluding carboxylic acids is 1. The average molecular weight is 802 g/mol. The molecule has 0 saturated heterocycles. The molecule has 2 aromatic carbocycles.